The lowest BCUT2D eigenvalue weighted by molar-refractivity contribution is -0.117. The minimum absolute atomic E-state index is 0.0755. The number of fused-ring (bicyclic) bond motifs is 2. The van der Waals surface area contributed by atoms with Gasteiger partial charge in [-0.05, 0) is 49.9 Å². The van der Waals surface area contributed by atoms with Crippen molar-refractivity contribution < 1.29 is 4.79 Å². The van der Waals surface area contributed by atoms with Crippen LogP contribution in [0.25, 0.3) is 0 Å². The predicted octanol–water partition coefficient (Wildman–Crippen LogP) is 6.07. The minimum Gasteiger partial charge on any atom is -0.279 e. The van der Waals surface area contributed by atoms with Gasteiger partial charge in [-0.2, -0.15) is 0 Å². The van der Waals surface area contributed by atoms with E-state index in [-0.39, 0.29) is 5.91 Å². The fourth-order valence-electron chi connectivity index (χ4n) is 3.23. The molecule has 0 spiro atoms. The Hall–Kier alpha value is -2.58. The Kier molecular flexibility index (Phi) is 6.31. The molecule has 1 atom stereocenters. The van der Waals surface area contributed by atoms with Crippen LogP contribution in [0.3, 0.4) is 0 Å². The zero-order chi connectivity index (χ0) is 19.2. The number of halogens is 1. The Morgan fingerprint density at radius 3 is 1.67 bits per heavy atom. The molecule has 1 amide bonds. The van der Waals surface area contributed by atoms with Crippen molar-refractivity contribution in [3.8, 4) is 0 Å². The number of nitrogens with zero attached hydrogens (tertiary/aromatic N) is 1. The number of aryl methyl sites for hydroxylation is 3. The van der Waals surface area contributed by atoms with Crippen molar-refractivity contribution in [1.82, 2.24) is 0 Å². The number of carbonyl (C=O) groups is 1. The summed E-state index contributed by atoms with van der Waals surface area (Å²) in [5, 5.41) is -0.547. The Balaban J connectivity index is 0.000000253. The third-order valence-corrected chi connectivity index (χ3v) is 4.82. The van der Waals surface area contributed by atoms with Gasteiger partial charge >= 0.3 is 0 Å². The second-order valence-electron chi connectivity index (χ2n) is 6.70. The lowest BCUT2D eigenvalue weighted by Crippen LogP contribution is -2.32. The molecule has 0 aromatic heterocycles. The van der Waals surface area contributed by atoms with E-state index >= 15 is 0 Å². The van der Waals surface area contributed by atoms with Crippen LogP contribution in [0.15, 0.2) is 78.9 Å². The molecule has 138 valence electrons. The summed E-state index contributed by atoms with van der Waals surface area (Å²) in [4.78, 5) is 14.3. The largest absolute Gasteiger partial charge is 0.279 e. The molecule has 0 saturated carbocycles. The fourth-order valence-corrected chi connectivity index (χ4v) is 3.33. The summed E-state index contributed by atoms with van der Waals surface area (Å²) in [5.74, 6) is -0.0755. The van der Waals surface area contributed by atoms with Gasteiger partial charge in [-0.3, -0.25) is 9.69 Å². The van der Waals surface area contributed by atoms with E-state index in [2.05, 4.69) is 31.2 Å². The summed E-state index contributed by atoms with van der Waals surface area (Å²) in [6.07, 6.45) is 1.88. The van der Waals surface area contributed by atoms with Crippen molar-refractivity contribution in [2.45, 2.75) is 32.1 Å². The van der Waals surface area contributed by atoms with E-state index in [1.807, 2.05) is 54.6 Å². The molecule has 0 fully saturated rings. The lowest BCUT2D eigenvalue weighted by Gasteiger charge is -2.26. The molecule has 0 saturated heterocycles. The normalized spacial score (nSPS) is 13.4. The topological polar surface area (TPSA) is 20.3 Å². The standard InChI is InChI=1S/C17H16ClNO.C7H8/c1-12(18)17(20)19-15-8-4-2-6-13(15)10-11-14-7-3-5-9-16(14)19;1-7-5-3-2-4-6-7/h2-9,12H,10-11H2,1H3;2-6H,1H3. The second-order valence-corrected chi connectivity index (χ2v) is 7.36. The number of rotatable bonds is 1. The van der Waals surface area contributed by atoms with Crippen molar-refractivity contribution in [3.63, 3.8) is 0 Å². The molecule has 1 unspecified atom stereocenters. The van der Waals surface area contributed by atoms with E-state index in [9.17, 15) is 4.79 Å². The first-order valence-corrected chi connectivity index (χ1v) is 9.67. The maximum absolute atomic E-state index is 12.6. The number of alkyl halides is 1. The highest BCUT2D eigenvalue weighted by Crippen LogP contribution is 2.36. The summed E-state index contributed by atoms with van der Waals surface area (Å²) < 4.78 is 0. The molecule has 27 heavy (non-hydrogen) atoms. The minimum atomic E-state index is -0.547. The molecule has 3 heteroatoms. The molecule has 3 aromatic rings. The van der Waals surface area contributed by atoms with Crippen LogP contribution >= 0.6 is 11.6 Å². The molecule has 2 nitrogen and oxygen atoms in total. The summed E-state index contributed by atoms with van der Waals surface area (Å²) in [7, 11) is 0. The number of hydrogen-bond donors (Lipinski definition) is 0. The van der Waals surface area contributed by atoms with Gasteiger partial charge in [0.05, 0.1) is 11.4 Å². The third-order valence-electron chi connectivity index (χ3n) is 4.63. The number of anilines is 2. The molecule has 3 aromatic carbocycles. The molecule has 1 aliphatic rings. The van der Waals surface area contributed by atoms with Crippen LogP contribution in [0.1, 0.15) is 23.6 Å². The van der Waals surface area contributed by atoms with Crippen molar-refractivity contribution >= 4 is 28.9 Å². The van der Waals surface area contributed by atoms with E-state index in [1.54, 1.807) is 11.8 Å². The van der Waals surface area contributed by atoms with Crippen LogP contribution in [0.4, 0.5) is 11.4 Å². The summed E-state index contributed by atoms with van der Waals surface area (Å²) in [6.45, 7) is 3.81. The van der Waals surface area contributed by atoms with Gasteiger partial charge in [-0.25, -0.2) is 0 Å². The molecule has 0 radical (unpaired) electrons. The van der Waals surface area contributed by atoms with E-state index in [1.165, 1.54) is 16.7 Å². The van der Waals surface area contributed by atoms with Gasteiger partial charge in [-0.1, -0.05) is 72.3 Å². The Bertz CT molecular complexity index is 858. The Morgan fingerprint density at radius 2 is 1.26 bits per heavy atom. The number of para-hydroxylation sites is 2. The number of amides is 1. The van der Waals surface area contributed by atoms with Crippen molar-refractivity contribution in [1.29, 1.82) is 0 Å². The first kappa shape index (κ1) is 19.2. The van der Waals surface area contributed by atoms with Crippen LogP contribution in [0, 0.1) is 6.92 Å². The summed E-state index contributed by atoms with van der Waals surface area (Å²) >= 11 is 6.06. The Morgan fingerprint density at radius 1 is 0.815 bits per heavy atom. The first-order chi connectivity index (χ1) is 13.1. The zero-order valence-electron chi connectivity index (χ0n) is 15.7. The SMILES string of the molecule is CC(Cl)C(=O)N1c2ccccc2CCc2ccccc21.Cc1ccccc1. The molecular formula is C24H24ClNO. The third kappa shape index (κ3) is 4.58. The van der Waals surface area contributed by atoms with Crippen molar-refractivity contribution in [2.75, 3.05) is 4.90 Å². The van der Waals surface area contributed by atoms with Crippen LogP contribution < -0.4 is 4.90 Å². The summed E-state index contributed by atoms with van der Waals surface area (Å²) in [6, 6.07) is 26.4. The van der Waals surface area contributed by atoms with E-state index in [4.69, 9.17) is 11.6 Å². The molecule has 0 aliphatic carbocycles. The van der Waals surface area contributed by atoms with Gasteiger partial charge < -0.3 is 0 Å². The fraction of sp³-hybridized carbons (Fsp3) is 0.208. The molecular weight excluding hydrogens is 354 g/mol. The molecule has 1 heterocycles. The van der Waals surface area contributed by atoms with E-state index in [0.717, 1.165) is 24.2 Å². The van der Waals surface area contributed by atoms with Gasteiger partial charge in [0.15, 0.2) is 0 Å². The van der Waals surface area contributed by atoms with Crippen LogP contribution in [-0.4, -0.2) is 11.3 Å². The molecule has 0 N–H and O–H groups in total. The molecule has 1 aliphatic heterocycles. The maximum atomic E-state index is 12.6. The molecule has 0 bridgehead atoms. The highest BCUT2D eigenvalue weighted by molar-refractivity contribution is 6.33. The van der Waals surface area contributed by atoms with Crippen molar-refractivity contribution in [3.05, 3.63) is 95.6 Å². The van der Waals surface area contributed by atoms with Gasteiger partial charge in [0, 0.05) is 0 Å². The Labute approximate surface area is 166 Å². The van der Waals surface area contributed by atoms with Gasteiger partial charge in [0.25, 0.3) is 0 Å². The number of benzene rings is 3. The smallest absolute Gasteiger partial charge is 0.249 e. The maximum Gasteiger partial charge on any atom is 0.249 e. The first-order valence-electron chi connectivity index (χ1n) is 9.23. The average molecular weight is 378 g/mol. The highest BCUT2D eigenvalue weighted by atomic mass is 35.5. The van der Waals surface area contributed by atoms with Gasteiger partial charge in [0.2, 0.25) is 5.91 Å². The monoisotopic (exact) mass is 377 g/mol. The van der Waals surface area contributed by atoms with Crippen molar-refractivity contribution in [2.24, 2.45) is 0 Å². The van der Waals surface area contributed by atoms with Gasteiger partial charge in [-0.15, -0.1) is 11.6 Å². The lowest BCUT2D eigenvalue weighted by atomic mass is 10.0. The van der Waals surface area contributed by atoms with Crippen LogP contribution in [0.5, 0.6) is 0 Å². The average Bonchev–Trinajstić information content (AvgIpc) is 2.85. The zero-order valence-corrected chi connectivity index (χ0v) is 16.5. The number of hydrogen-bond acceptors (Lipinski definition) is 1. The second kappa shape index (κ2) is 8.88. The summed E-state index contributed by atoms with van der Waals surface area (Å²) in [5.41, 5.74) is 5.61. The van der Waals surface area contributed by atoms with Gasteiger partial charge in [0.1, 0.15) is 5.38 Å². The van der Waals surface area contributed by atoms with Crippen LogP contribution in [-0.2, 0) is 17.6 Å². The predicted molar refractivity (Wildman–Crippen MR) is 114 cm³/mol. The quantitative estimate of drug-likeness (QED) is 0.471. The highest BCUT2D eigenvalue weighted by Gasteiger charge is 2.27. The molecule has 4 rings (SSSR count). The van der Waals surface area contributed by atoms with Crippen LogP contribution in [0.2, 0.25) is 0 Å². The van der Waals surface area contributed by atoms with E-state index < -0.39 is 5.38 Å². The number of carbonyl (C=O) groups excluding carboxylic acids is 1. The van der Waals surface area contributed by atoms with E-state index in [0.29, 0.717) is 0 Å².